The van der Waals surface area contributed by atoms with E-state index in [9.17, 15) is 14.4 Å². The van der Waals surface area contributed by atoms with E-state index in [4.69, 9.17) is 14.2 Å². The van der Waals surface area contributed by atoms with E-state index in [1.165, 1.54) is 4.90 Å². The molecule has 9 heteroatoms. The summed E-state index contributed by atoms with van der Waals surface area (Å²) in [7, 11) is 0. The molecule has 0 atom stereocenters. The third kappa shape index (κ3) is 7.64. The summed E-state index contributed by atoms with van der Waals surface area (Å²) in [4.78, 5) is 39.2. The van der Waals surface area contributed by atoms with E-state index in [2.05, 4.69) is 5.32 Å². The summed E-state index contributed by atoms with van der Waals surface area (Å²) in [5, 5.41) is 2.46. The lowest BCUT2D eigenvalue weighted by Gasteiger charge is -2.14. The van der Waals surface area contributed by atoms with Gasteiger partial charge in [0.25, 0.3) is 17.1 Å². The van der Waals surface area contributed by atoms with Crippen molar-refractivity contribution in [2.24, 2.45) is 0 Å². The van der Waals surface area contributed by atoms with E-state index >= 15 is 0 Å². The first-order valence-corrected chi connectivity index (χ1v) is 13.3. The Kier molecular flexibility index (Phi) is 9.27. The van der Waals surface area contributed by atoms with Gasteiger partial charge in [-0.2, -0.15) is 0 Å². The number of nitrogens with zero attached hydrogens (tertiary/aromatic N) is 1. The number of amides is 3. The zero-order valence-corrected chi connectivity index (χ0v) is 22.9. The van der Waals surface area contributed by atoms with Crippen LogP contribution in [-0.2, 0) is 9.59 Å². The summed E-state index contributed by atoms with van der Waals surface area (Å²) in [6.07, 6.45) is 1.64. The van der Waals surface area contributed by atoms with Gasteiger partial charge in [0.05, 0.1) is 18.1 Å². The van der Waals surface area contributed by atoms with Gasteiger partial charge in [0.2, 0.25) is 0 Å². The molecule has 0 spiro atoms. The van der Waals surface area contributed by atoms with Crippen molar-refractivity contribution < 1.29 is 28.6 Å². The number of hydrogen-bond acceptors (Lipinski definition) is 7. The molecule has 1 heterocycles. The Morgan fingerprint density at radius 3 is 2.44 bits per heavy atom. The van der Waals surface area contributed by atoms with Crippen molar-refractivity contribution >= 4 is 40.6 Å². The van der Waals surface area contributed by atoms with Crippen molar-refractivity contribution in [2.45, 2.75) is 20.8 Å². The number of ether oxygens (including phenoxy) is 3. The van der Waals surface area contributed by atoms with Crippen LogP contribution in [0, 0.1) is 13.8 Å². The minimum absolute atomic E-state index is 0.150. The second-order valence-electron chi connectivity index (χ2n) is 8.84. The molecule has 4 rings (SSSR count). The van der Waals surface area contributed by atoms with Gasteiger partial charge in [-0.3, -0.25) is 19.3 Å². The largest absolute Gasteiger partial charge is 0.492 e. The Balaban J connectivity index is 1.38. The Hall–Kier alpha value is -4.24. The standard InChI is InChI=1S/C30H30N2O6S/c1-4-36-26-17-22(11-12-25(26)38-19-28(33)31-23-9-5-7-20(2)15-23)18-27-29(34)32(30(35)39-27)13-14-37-24-10-6-8-21(3)16-24/h5-12,15-18H,4,13-14,19H2,1-3H3,(H,31,33)/b27-18-. The van der Waals surface area contributed by atoms with Crippen LogP contribution in [-0.4, -0.2) is 48.3 Å². The highest BCUT2D eigenvalue weighted by Crippen LogP contribution is 2.34. The number of imide groups is 1. The normalized spacial score (nSPS) is 14.0. The second-order valence-corrected chi connectivity index (χ2v) is 9.84. The van der Waals surface area contributed by atoms with Crippen LogP contribution in [0.4, 0.5) is 10.5 Å². The molecule has 1 aliphatic rings. The predicted octanol–water partition coefficient (Wildman–Crippen LogP) is 5.83. The molecule has 3 amide bonds. The molecule has 0 aliphatic carbocycles. The van der Waals surface area contributed by atoms with E-state index in [0.717, 1.165) is 22.9 Å². The van der Waals surface area contributed by atoms with Gasteiger partial charge in [0.1, 0.15) is 12.4 Å². The molecule has 8 nitrogen and oxygen atoms in total. The molecular formula is C30H30N2O6S. The lowest BCUT2D eigenvalue weighted by molar-refractivity contribution is -0.123. The van der Waals surface area contributed by atoms with Crippen molar-refractivity contribution in [2.75, 3.05) is 31.7 Å². The lowest BCUT2D eigenvalue weighted by Crippen LogP contribution is -2.32. The molecule has 39 heavy (non-hydrogen) atoms. The van der Waals surface area contributed by atoms with Crippen LogP contribution >= 0.6 is 11.8 Å². The van der Waals surface area contributed by atoms with Crippen LogP contribution in [0.15, 0.2) is 71.6 Å². The fourth-order valence-electron chi connectivity index (χ4n) is 3.87. The van der Waals surface area contributed by atoms with Gasteiger partial charge in [0, 0.05) is 5.69 Å². The first-order valence-electron chi connectivity index (χ1n) is 12.5. The van der Waals surface area contributed by atoms with Gasteiger partial charge in [-0.1, -0.05) is 30.3 Å². The molecule has 0 bridgehead atoms. The molecule has 3 aromatic rings. The number of nitrogens with one attached hydrogen (secondary N) is 1. The average Bonchev–Trinajstić information content (AvgIpc) is 3.16. The van der Waals surface area contributed by atoms with Crippen LogP contribution in [0.3, 0.4) is 0 Å². The van der Waals surface area contributed by atoms with Crippen LogP contribution in [0.25, 0.3) is 6.08 Å². The van der Waals surface area contributed by atoms with Crippen molar-refractivity contribution in [3.63, 3.8) is 0 Å². The second kappa shape index (κ2) is 13.0. The molecular weight excluding hydrogens is 516 g/mol. The molecule has 1 fully saturated rings. The van der Waals surface area contributed by atoms with Crippen molar-refractivity contribution in [1.29, 1.82) is 0 Å². The van der Waals surface area contributed by atoms with Crippen molar-refractivity contribution in [1.82, 2.24) is 4.90 Å². The number of carbonyl (C=O) groups is 3. The number of benzene rings is 3. The lowest BCUT2D eigenvalue weighted by atomic mass is 10.2. The zero-order chi connectivity index (χ0) is 27.8. The number of anilines is 1. The van der Waals surface area contributed by atoms with Gasteiger partial charge < -0.3 is 19.5 Å². The molecule has 0 unspecified atom stereocenters. The fourth-order valence-corrected chi connectivity index (χ4v) is 4.73. The highest BCUT2D eigenvalue weighted by Gasteiger charge is 2.34. The molecule has 0 aromatic heterocycles. The highest BCUT2D eigenvalue weighted by molar-refractivity contribution is 8.18. The summed E-state index contributed by atoms with van der Waals surface area (Å²) in [5.74, 6) is 0.849. The number of thioether (sulfide) groups is 1. The number of hydrogen-bond donors (Lipinski definition) is 1. The number of carbonyl (C=O) groups excluding carboxylic acids is 3. The Bertz CT molecular complexity index is 1400. The SMILES string of the molecule is CCOc1cc(/C=C2\SC(=O)N(CCOc3cccc(C)c3)C2=O)ccc1OCC(=O)Nc1cccc(C)c1. The highest BCUT2D eigenvalue weighted by atomic mass is 32.2. The maximum absolute atomic E-state index is 12.9. The van der Waals surface area contributed by atoms with Gasteiger partial charge in [-0.05, 0) is 91.7 Å². The first-order chi connectivity index (χ1) is 18.8. The quantitative estimate of drug-likeness (QED) is 0.302. The van der Waals surface area contributed by atoms with E-state index in [1.54, 1.807) is 24.3 Å². The fraction of sp³-hybridized carbons (Fsp3) is 0.233. The van der Waals surface area contributed by atoms with Crippen molar-refractivity contribution in [3.8, 4) is 17.2 Å². The number of aryl methyl sites for hydroxylation is 2. The zero-order valence-electron chi connectivity index (χ0n) is 22.1. The first kappa shape index (κ1) is 27.8. The van der Waals surface area contributed by atoms with E-state index in [-0.39, 0.29) is 36.8 Å². The van der Waals surface area contributed by atoms with Gasteiger partial charge in [0.15, 0.2) is 18.1 Å². The summed E-state index contributed by atoms with van der Waals surface area (Å²) in [6, 6.07) is 20.2. The summed E-state index contributed by atoms with van der Waals surface area (Å²) in [5.41, 5.74) is 3.46. The van der Waals surface area contributed by atoms with Crippen molar-refractivity contribution in [3.05, 3.63) is 88.3 Å². The Morgan fingerprint density at radius 2 is 1.69 bits per heavy atom. The van der Waals surface area contributed by atoms with E-state index < -0.39 is 0 Å². The van der Waals surface area contributed by atoms with Crippen LogP contribution in [0.2, 0.25) is 0 Å². The molecule has 0 radical (unpaired) electrons. The molecule has 1 N–H and O–H groups in total. The van der Waals surface area contributed by atoms with Crippen LogP contribution in [0.5, 0.6) is 17.2 Å². The summed E-state index contributed by atoms with van der Waals surface area (Å²) in [6.45, 7) is 6.29. The van der Waals surface area contributed by atoms with Crippen LogP contribution in [0.1, 0.15) is 23.6 Å². The Morgan fingerprint density at radius 1 is 0.923 bits per heavy atom. The maximum atomic E-state index is 12.9. The molecule has 0 saturated carbocycles. The topological polar surface area (TPSA) is 94.2 Å². The molecule has 3 aromatic carbocycles. The minimum atomic E-state index is -0.371. The predicted molar refractivity (Wildman–Crippen MR) is 152 cm³/mol. The Labute approximate surface area is 231 Å². The maximum Gasteiger partial charge on any atom is 0.293 e. The smallest absolute Gasteiger partial charge is 0.293 e. The summed E-state index contributed by atoms with van der Waals surface area (Å²) >= 11 is 0.883. The third-order valence-corrected chi connectivity index (χ3v) is 6.58. The monoisotopic (exact) mass is 546 g/mol. The molecule has 1 aliphatic heterocycles. The third-order valence-electron chi connectivity index (χ3n) is 5.67. The van der Waals surface area contributed by atoms with E-state index in [1.807, 2.05) is 69.3 Å². The van der Waals surface area contributed by atoms with Gasteiger partial charge in [-0.25, -0.2) is 0 Å². The molecule has 202 valence electrons. The van der Waals surface area contributed by atoms with E-state index in [0.29, 0.717) is 40.0 Å². The number of rotatable bonds is 11. The van der Waals surface area contributed by atoms with Gasteiger partial charge in [-0.15, -0.1) is 0 Å². The van der Waals surface area contributed by atoms with Gasteiger partial charge >= 0.3 is 0 Å². The minimum Gasteiger partial charge on any atom is -0.492 e. The molecule has 1 saturated heterocycles. The summed E-state index contributed by atoms with van der Waals surface area (Å²) < 4.78 is 17.1. The van der Waals surface area contributed by atoms with Crippen LogP contribution < -0.4 is 19.5 Å². The average molecular weight is 547 g/mol.